The number of carbonyl (C=O) groups is 1. The normalized spacial score (nSPS) is 14.5. The molecule has 0 saturated carbocycles. The molecular weight excluding hydrogens is 396 g/mol. The number of alkyl halides is 2. The van der Waals surface area contributed by atoms with Gasteiger partial charge >= 0.3 is 0 Å². The SMILES string of the molecule is O=C(c1cccc(=O)[nH]1)N1CCN(c2ccc3c(=O)n(CC(F)F)cnc3c2)CC1. The topological polar surface area (TPSA) is 91.3 Å². The Morgan fingerprint density at radius 1 is 1.10 bits per heavy atom. The molecule has 3 aromatic rings. The number of aromatic amines is 1. The molecule has 1 aliphatic heterocycles. The van der Waals surface area contributed by atoms with Gasteiger partial charge in [-0.15, -0.1) is 0 Å². The fourth-order valence-electron chi connectivity index (χ4n) is 3.53. The van der Waals surface area contributed by atoms with Gasteiger partial charge in [0.05, 0.1) is 23.8 Å². The highest BCUT2D eigenvalue weighted by Crippen LogP contribution is 2.21. The zero-order valence-corrected chi connectivity index (χ0v) is 15.9. The van der Waals surface area contributed by atoms with Crippen molar-refractivity contribution in [2.24, 2.45) is 0 Å². The lowest BCUT2D eigenvalue weighted by molar-refractivity contribution is 0.0740. The third kappa shape index (κ3) is 3.93. The Morgan fingerprint density at radius 3 is 2.57 bits per heavy atom. The zero-order chi connectivity index (χ0) is 21.3. The minimum absolute atomic E-state index is 0.230. The van der Waals surface area contributed by atoms with Gasteiger partial charge in [-0.2, -0.15) is 0 Å². The van der Waals surface area contributed by atoms with Crippen LogP contribution in [0.15, 0.2) is 52.3 Å². The van der Waals surface area contributed by atoms with E-state index in [2.05, 4.69) is 14.9 Å². The number of anilines is 1. The summed E-state index contributed by atoms with van der Waals surface area (Å²) in [5.74, 6) is -0.230. The molecular formula is C20H19F2N5O3. The molecule has 1 N–H and O–H groups in total. The Bertz CT molecular complexity index is 1200. The number of hydrogen-bond donors (Lipinski definition) is 1. The predicted octanol–water partition coefficient (Wildman–Crippen LogP) is 1.31. The van der Waals surface area contributed by atoms with Crippen LogP contribution in [-0.2, 0) is 6.54 Å². The van der Waals surface area contributed by atoms with Crippen molar-refractivity contribution < 1.29 is 13.6 Å². The van der Waals surface area contributed by atoms with Crippen LogP contribution >= 0.6 is 0 Å². The number of halogens is 2. The first-order valence-electron chi connectivity index (χ1n) is 9.43. The minimum atomic E-state index is -2.63. The quantitative estimate of drug-likeness (QED) is 0.694. The van der Waals surface area contributed by atoms with Gasteiger partial charge in [-0.3, -0.25) is 19.0 Å². The number of nitrogens with one attached hydrogen (secondary N) is 1. The molecule has 2 aromatic heterocycles. The van der Waals surface area contributed by atoms with E-state index in [1.54, 1.807) is 35.2 Å². The van der Waals surface area contributed by atoms with Gasteiger partial charge in [0.15, 0.2) is 0 Å². The zero-order valence-electron chi connectivity index (χ0n) is 15.9. The molecule has 0 bridgehead atoms. The number of nitrogens with zero attached hydrogens (tertiary/aromatic N) is 4. The molecule has 4 rings (SSSR count). The average Bonchev–Trinajstić information content (AvgIpc) is 2.75. The Balaban J connectivity index is 1.48. The van der Waals surface area contributed by atoms with Gasteiger partial charge in [0.25, 0.3) is 17.9 Å². The molecule has 0 radical (unpaired) electrons. The molecule has 8 nitrogen and oxygen atoms in total. The molecule has 3 heterocycles. The van der Waals surface area contributed by atoms with E-state index in [1.165, 1.54) is 6.07 Å². The first kappa shape index (κ1) is 19.7. The maximum absolute atomic E-state index is 12.6. The van der Waals surface area contributed by atoms with Crippen LogP contribution in [0.5, 0.6) is 0 Å². The van der Waals surface area contributed by atoms with Crippen molar-refractivity contribution in [3.05, 3.63) is 69.1 Å². The van der Waals surface area contributed by atoms with Crippen molar-refractivity contribution >= 4 is 22.5 Å². The number of piperazine rings is 1. The third-order valence-electron chi connectivity index (χ3n) is 5.07. The molecule has 30 heavy (non-hydrogen) atoms. The molecule has 0 aliphatic carbocycles. The van der Waals surface area contributed by atoms with E-state index in [4.69, 9.17) is 0 Å². The van der Waals surface area contributed by atoms with Crippen LogP contribution in [0.2, 0.25) is 0 Å². The van der Waals surface area contributed by atoms with Gasteiger partial charge in [-0.25, -0.2) is 13.8 Å². The largest absolute Gasteiger partial charge is 0.368 e. The van der Waals surface area contributed by atoms with Gasteiger partial charge in [0, 0.05) is 37.9 Å². The summed E-state index contributed by atoms with van der Waals surface area (Å²) in [6, 6.07) is 9.56. The molecule has 1 amide bonds. The Hall–Kier alpha value is -3.56. The van der Waals surface area contributed by atoms with E-state index in [0.717, 1.165) is 16.6 Å². The smallest absolute Gasteiger partial charge is 0.270 e. The lowest BCUT2D eigenvalue weighted by atomic mass is 10.2. The number of fused-ring (bicyclic) bond motifs is 1. The van der Waals surface area contributed by atoms with E-state index in [-0.39, 0.29) is 22.5 Å². The highest BCUT2D eigenvalue weighted by molar-refractivity contribution is 5.92. The van der Waals surface area contributed by atoms with Crippen LogP contribution in [0, 0.1) is 0 Å². The summed E-state index contributed by atoms with van der Waals surface area (Å²) < 4.78 is 26.1. The summed E-state index contributed by atoms with van der Waals surface area (Å²) in [5.41, 5.74) is 0.699. The number of aromatic nitrogens is 3. The number of rotatable bonds is 4. The highest BCUT2D eigenvalue weighted by atomic mass is 19.3. The first-order valence-corrected chi connectivity index (χ1v) is 9.43. The van der Waals surface area contributed by atoms with Crippen molar-refractivity contribution in [1.82, 2.24) is 19.4 Å². The monoisotopic (exact) mass is 415 g/mol. The van der Waals surface area contributed by atoms with Crippen molar-refractivity contribution in [2.45, 2.75) is 13.0 Å². The number of pyridine rings is 1. The van der Waals surface area contributed by atoms with Gasteiger partial charge in [-0.05, 0) is 24.3 Å². The highest BCUT2D eigenvalue weighted by Gasteiger charge is 2.23. The molecule has 10 heteroatoms. The Kier molecular flexibility index (Phi) is 5.30. The Labute approximate surface area is 169 Å². The molecule has 1 saturated heterocycles. The van der Waals surface area contributed by atoms with Crippen molar-refractivity contribution in [3.8, 4) is 0 Å². The number of H-pyrrole nitrogens is 1. The second kappa shape index (κ2) is 8.05. The number of carbonyl (C=O) groups excluding carboxylic acids is 1. The summed E-state index contributed by atoms with van der Waals surface area (Å²) >= 11 is 0. The van der Waals surface area contributed by atoms with Crippen LogP contribution in [0.1, 0.15) is 10.5 Å². The van der Waals surface area contributed by atoms with Crippen LogP contribution in [-0.4, -0.2) is 57.9 Å². The molecule has 0 spiro atoms. The number of hydrogen-bond acceptors (Lipinski definition) is 5. The Morgan fingerprint density at radius 2 is 1.87 bits per heavy atom. The minimum Gasteiger partial charge on any atom is -0.368 e. The first-order chi connectivity index (χ1) is 14.4. The van der Waals surface area contributed by atoms with Crippen LogP contribution in [0.4, 0.5) is 14.5 Å². The number of benzene rings is 1. The fourth-order valence-corrected chi connectivity index (χ4v) is 3.53. The average molecular weight is 415 g/mol. The summed E-state index contributed by atoms with van der Waals surface area (Å²) in [6.45, 7) is 1.38. The molecule has 1 fully saturated rings. The van der Waals surface area contributed by atoms with E-state index in [1.807, 2.05) is 0 Å². The van der Waals surface area contributed by atoms with E-state index < -0.39 is 18.5 Å². The molecule has 0 unspecified atom stereocenters. The van der Waals surface area contributed by atoms with Gasteiger partial charge < -0.3 is 14.8 Å². The lowest BCUT2D eigenvalue weighted by Gasteiger charge is -2.36. The summed E-state index contributed by atoms with van der Waals surface area (Å²) in [4.78, 5) is 46.7. The maximum Gasteiger partial charge on any atom is 0.270 e. The third-order valence-corrected chi connectivity index (χ3v) is 5.07. The molecule has 1 aliphatic rings. The lowest BCUT2D eigenvalue weighted by Crippen LogP contribution is -2.49. The van der Waals surface area contributed by atoms with Gasteiger partial charge in [0.2, 0.25) is 5.56 Å². The summed E-state index contributed by atoms with van der Waals surface area (Å²) in [7, 11) is 0. The van der Waals surface area contributed by atoms with Crippen LogP contribution < -0.4 is 16.0 Å². The molecule has 156 valence electrons. The maximum atomic E-state index is 12.6. The van der Waals surface area contributed by atoms with E-state index in [0.29, 0.717) is 31.7 Å². The summed E-state index contributed by atoms with van der Waals surface area (Å²) in [6.07, 6.45) is -1.49. The van der Waals surface area contributed by atoms with Crippen molar-refractivity contribution in [3.63, 3.8) is 0 Å². The number of amides is 1. The van der Waals surface area contributed by atoms with Crippen LogP contribution in [0.25, 0.3) is 10.9 Å². The molecule has 0 atom stereocenters. The predicted molar refractivity (Wildman–Crippen MR) is 107 cm³/mol. The summed E-state index contributed by atoms with van der Waals surface area (Å²) in [5, 5.41) is 0.281. The van der Waals surface area contributed by atoms with E-state index >= 15 is 0 Å². The molecule has 1 aromatic carbocycles. The second-order valence-electron chi connectivity index (χ2n) is 7.00. The van der Waals surface area contributed by atoms with Crippen LogP contribution in [0.3, 0.4) is 0 Å². The van der Waals surface area contributed by atoms with Gasteiger partial charge in [-0.1, -0.05) is 6.07 Å². The fraction of sp³-hybridized carbons (Fsp3) is 0.300. The standard InChI is InChI=1S/C20H19F2N5O3/c21-17(22)11-27-12-23-16-10-13(4-5-14(16)19(27)29)25-6-8-26(9-7-25)20(30)15-2-1-3-18(28)24-15/h1-5,10,12,17H,6-9,11H2,(H,24,28). The van der Waals surface area contributed by atoms with E-state index in [9.17, 15) is 23.2 Å². The van der Waals surface area contributed by atoms with Gasteiger partial charge in [0.1, 0.15) is 5.69 Å². The van der Waals surface area contributed by atoms with Crippen molar-refractivity contribution in [2.75, 3.05) is 31.1 Å². The second-order valence-corrected chi connectivity index (χ2v) is 7.00. The van der Waals surface area contributed by atoms with Crippen molar-refractivity contribution in [1.29, 1.82) is 0 Å².